The number of benzene rings is 2. The fraction of sp³-hybridized carbons (Fsp3) is 0.174. The quantitative estimate of drug-likeness (QED) is 0.380. The van der Waals surface area contributed by atoms with Gasteiger partial charge in [0.1, 0.15) is 10.8 Å². The zero-order valence-electron chi connectivity index (χ0n) is 18.0. The number of thiophene rings is 1. The first-order valence-electron chi connectivity index (χ1n) is 9.77. The monoisotopic (exact) mass is 506 g/mol. The van der Waals surface area contributed by atoms with Crippen molar-refractivity contribution in [2.24, 2.45) is 0 Å². The molecule has 3 rings (SSSR count). The maximum Gasteiger partial charge on any atom is 0.341 e. The second-order valence-corrected chi connectivity index (χ2v) is 8.58. The molecule has 3 aromatic rings. The van der Waals surface area contributed by atoms with Gasteiger partial charge >= 0.3 is 5.97 Å². The molecule has 1 heterocycles. The van der Waals surface area contributed by atoms with Crippen LogP contribution in [0.1, 0.15) is 42.9 Å². The van der Waals surface area contributed by atoms with Crippen LogP contribution in [0.15, 0.2) is 42.5 Å². The summed E-state index contributed by atoms with van der Waals surface area (Å²) in [6, 6.07) is 11.3. The van der Waals surface area contributed by atoms with E-state index in [1.54, 1.807) is 31.2 Å². The first-order valence-corrected chi connectivity index (χ1v) is 11.3. The lowest BCUT2D eigenvalue weighted by Crippen LogP contribution is -2.14. The van der Waals surface area contributed by atoms with Gasteiger partial charge < -0.3 is 20.1 Å². The summed E-state index contributed by atoms with van der Waals surface area (Å²) in [5, 5.41) is 6.17. The molecule has 0 radical (unpaired) electrons. The third-order valence-corrected chi connectivity index (χ3v) is 6.52. The van der Waals surface area contributed by atoms with Gasteiger partial charge in [-0.25, -0.2) is 4.79 Å². The molecule has 2 N–H and O–H groups in total. The van der Waals surface area contributed by atoms with Crippen LogP contribution < -0.4 is 15.4 Å². The van der Waals surface area contributed by atoms with Crippen molar-refractivity contribution in [3.8, 4) is 5.75 Å². The number of carbonyl (C=O) groups is 3. The van der Waals surface area contributed by atoms with Crippen LogP contribution in [0, 0.1) is 6.92 Å². The van der Waals surface area contributed by atoms with E-state index >= 15 is 0 Å². The maximum absolute atomic E-state index is 12.9. The Hall–Kier alpha value is -3.07. The summed E-state index contributed by atoms with van der Waals surface area (Å²) in [7, 11) is 1.23. The van der Waals surface area contributed by atoms with Crippen LogP contribution in [-0.2, 0) is 4.74 Å². The smallest absolute Gasteiger partial charge is 0.341 e. The van der Waals surface area contributed by atoms with Crippen LogP contribution in [-0.4, -0.2) is 31.5 Å². The van der Waals surface area contributed by atoms with Crippen molar-refractivity contribution in [3.05, 3.63) is 74.1 Å². The fourth-order valence-electron chi connectivity index (χ4n) is 2.97. The second kappa shape index (κ2) is 10.7. The van der Waals surface area contributed by atoms with E-state index in [-0.39, 0.29) is 26.0 Å². The SMILES string of the molecule is CCOc1ccc(NC(=O)c2sc(NC(=O)c3ccc(Cl)c(Cl)c3)c(C(=O)OC)c2C)cc1. The number of rotatable bonds is 7. The fourth-order valence-corrected chi connectivity index (χ4v) is 4.35. The summed E-state index contributed by atoms with van der Waals surface area (Å²) in [5.74, 6) is -0.934. The number of hydrogen-bond donors (Lipinski definition) is 2. The van der Waals surface area contributed by atoms with Gasteiger partial charge in [-0.05, 0) is 61.9 Å². The molecular weight excluding hydrogens is 487 g/mol. The Kier molecular flexibility index (Phi) is 7.97. The van der Waals surface area contributed by atoms with Crippen molar-refractivity contribution in [2.75, 3.05) is 24.4 Å². The number of nitrogens with one attached hydrogen (secondary N) is 2. The zero-order valence-corrected chi connectivity index (χ0v) is 20.3. The number of esters is 1. The van der Waals surface area contributed by atoms with Crippen molar-refractivity contribution >= 4 is 63.0 Å². The number of hydrogen-bond acceptors (Lipinski definition) is 6. The normalized spacial score (nSPS) is 10.5. The number of amides is 2. The van der Waals surface area contributed by atoms with Gasteiger partial charge in [0.15, 0.2) is 0 Å². The minimum atomic E-state index is -0.673. The summed E-state index contributed by atoms with van der Waals surface area (Å²) < 4.78 is 10.3. The van der Waals surface area contributed by atoms with Crippen LogP contribution >= 0.6 is 34.5 Å². The molecule has 33 heavy (non-hydrogen) atoms. The molecule has 0 spiro atoms. The Balaban J connectivity index is 1.88. The number of halogens is 2. The summed E-state index contributed by atoms with van der Waals surface area (Å²) in [6.07, 6.45) is 0. The second-order valence-electron chi connectivity index (χ2n) is 6.75. The minimum Gasteiger partial charge on any atom is -0.494 e. The molecule has 0 atom stereocenters. The molecule has 10 heteroatoms. The molecule has 0 fully saturated rings. The predicted molar refractivity (Wildman–Crippen MR) is 130 cm³/mol. The molecule has 0 aliphatic heterocycles. The Labute approximate surface area is 204 Å². The van der Waals surface area contributed by atoms with Gasteiger partial charge in [0.2, 0.25) is 0 Å². The molecule has 0 saturated carbocycles. The van der Waals surface area contributed by atoms with E-state index in [0.29, 0.717) is 28.6 Å². The number of methoxy groups -OCH3 is 1. The van der Waals surface area contributed by atoms with Gasteiger partial charge in [-0.15, -0.1) is 11.3 Å². The molecule has 2 aromatic carbocycles. The number of ether oxygens (including phenoxy) is 2. The molecule has 0 aliphatic rings. The third kappa shape index (κ3) is 5.65. The summed E-state index contributed by atoms with van der Waals surface area (Å²) in [6.45, 7) is 4.03. The van der Waals surface area contributed by atoms with E-state index in [2.05, 4.69) is 10.6 Å². The van der Waals surface area contributed by atoms with Gasteiger partial charge in [-0.2, -0.15) is 0 Å². The predicted octanol–water partition coefficient (Wildman–Crippen LogP) is 6.05. The lowest BCUT2D eigenvalue weighted by molar-refractivity contribution is 0.0601. The highest BCUT2D eigenvalue weighted by Gasteiger charge is 2.27. The van der Waals surface area contributed by atoms with E-state index in [1.807, 2.05) is 6.92 Å². The van der Waals surface area contributed by atoms with Crippen molar-refractivity contribution in [1.82, 2.24) is 0 Å². The highest BCUT2D eigenvalue weighted by molar-refractivity contribution is 7.19. The summed E-state index contributed by atoms with van der Waals surface area (Å²) in [4.78, 5) is 38.3. The van der Waals surface area contributed by atoms with Crippen molar-refractivity contribution in [1.29, 1.82) is 0 Å². The van der Waals surface area contributed by atoms with Crippen LogP contribution in [0.2, 0.25) is 10.0 Å². The molecule has 172 valence electrons. The molecule has 0 unspecified atom stereocenters. The average molecular weight is 507 g/mol. The van der Waals surface area contributed by atoms with Crippen LogP contribution in [0.5, 0.6) is 5.75 Å². The Morgan fingerprint density at radius 3 is 2.27 bits per heavy atom. The standard InChI is InChI=1S/C23H20Cl2N2O5S/c1-4-32-15-8-6-14(7-9-15)26-21(29)19-12(2)18(23(30)31-3)22(33-19)27-20(28)13-5-10-16(24)17(25)11-13/h5-11H,4H2,1-3H3,(H,26,29)(H,27,28). The highest BCUT2D eigenvalue weighted by Crippen LogP contribution is 2.35. The molecule has 1 aromatic heterocycles. The largest absolute Gasteiger partial charge is 0.494 e. The summed E-state index contributed by atoms with van der Waals surface area (Å²) in [5.41, 5.74) is 1.29. The van der Waals surface area contributed by atoms with Gasteiger partial charge in [-0.3, -0.25) is 9.59 Å². The van der Waals surface area contributed by atoms with E-state index in [1.165, 1.54) is 25.3 Å². The van der Waals surface area contributed by atoms with Gasteiger partial charge in [0.25, 0.3) is 11.8 Å². The minimum absolute atomic E-state index is 0.104. The van der Waals surface area contributed by atoms with Gasteiger partial charge in [0.05, 0.1) is 34.2 Å². The van der Waals surface area contributed by atoms with Crippen molar-refractivity contribution in [3.63, 3.8) is 0 Å². The highest BCUT2D eigenvalue weighted by atomic mass is 35.5. The van der Waals surface area contributed by atoms with Crippen molar-refractivity contribution in [2.45, 2.75) is 13.8 Å². The lowest BCUT2D eigenvalue weighted by atomic mass is 10.1. The number of carbonyl (C=O) groups excluding carboxylic acids is 3. The molecular formula is C23H20Cl2N2O5S. The molecule has 0 aliphatic carbocycles. The Morgan fingerprint density at radius 1 is 0.970 bits per heavy atom. The summed E-state index contributed by atoms with van der Waals surface area (Å²) >= 11 is 12.9. The van der Waals surface area contributed by atoms with Gasteiger partial charge in [-0.1, -0.05) is 23.2 Å². The molecule has 0 bridgehead atoms. The Bertz CT molecular complexity index is 1210. The maximum atomic E-state index is 12.9. The van der Waals surface area contributed by atoms with Gasteiger partial charge in [0, 0.05) is 11.3 Å². The van der Waals surface area contributed by atoms with Crippen LogP contribution in [0.25, 0.3) is 0 Å². The van der Waals surface area contributed by atoms with Crippen LogP contribution in [0.4, 0.5) is 10.7 Å². The average Bonchev–Trinajstić information content (AvgIpc) is 3.12. The number of anilines is 2. The molecule has 0 saturated heterocycles. The lowest BCUT2D eigenvalue weighted by Gasteiger charge is -2.07. The molecule has 7 nitrogen and oxygen atoms in total. The third-order valence-electron chi connectivity index (χ3n) is 4.57. The zero-order chi connectivity index (χ0) is 24.1. The Morgan fingerprint density at radius 2 is 1.67 bits per heavy atom. The van der Waals surface area contributed by atoms with E-state index in [4.69, 9.17) is 32.7 Å². The molecule has 2 amide bonds. The van der Waals surface area contributed by atoms with E-state index in [9.17, 15) is 14.4 Å². The van der Waals surface area contributed by atoms with Crippen molar-refractivity contribution < 1.29 is 23.9 Å². The first kappa shape index (κ1) is 24.6. The van der Waals surface area contributed by atoms with Crippen LogP contribution in [0.3, 0.4) is 0 Å². The van der Waals surface area contributed by atoms with E-state index < -0.39 is 17.8 Å². The topological polar surface area (TPSA) is 93.7 Å². The van der Waals surface area contributed by atoms with E-state index in [0.717, 1.165) is 11.3 Å². The first-order chi connectivity index (χ1) is 15.7.